The predicted molar refractivity (Wildman–Crippen MR) is 87.2 cm³/mol. The molecule has 0 aliphatic rings. The predicted octanol–water partition coefficient (Wildman–Crippen LogP) is 2.97. The van der Waals surface area contributed by atoms with E-state index < -0.39 is 0 Å². The summed E-state index contributed by atoms with van der Waals surface area (Å²) in [4.78, 5) is 12.1. The summed E-state index contributed by atoms with van der Waals surface area (Å²) in [6.07, 6.45) is 3.72. The van der Waals surface area contributed by atoms with Gasteiger partial charge in [0.05, 0.1) is 28.6 Å². The number of para-hydroxylation sites is 2. The Morgan fingerprint density at radius 1 is 1.14 bits per heavy atom. The van der Waals surface area contributed by atoms with Crippen molar-refractivity contribution in [1.82, 2.24) is 19.4 Å². The van der Waals surface area contributed by atoms with Crippen LogP contribution < -0.4 is 5.43 Å². The van der Waals surface area contributed by atoms with Crippen LogP contribution >= 0.6 is 0 Å². The molecule has 0 spiro atoms. The summed E-state index contributed by atoms with van der Waals surface area (Å²) in [7, 11) is 0. The molecule has 0 saturated carbocycles. The van der Waals surface area contributed by atoms with Crippen LogP contribution in [0.2, 0.25) is 0 Å². The molecule has 6 nitrogen and oxygen atoms in total. The van der Waals surface area contributed by atoms with E-state index in [2.05, 4.69) is 25.5 Å². The van der Waals surface area contributed by atoms with E-state index in [1.54, 1.807) is 6.21 Å². The van der Waals surface area contributed by atoms with Gasteiger partial charge in [0, 0.05) is 6.20 Å². The lowest BCUT2D eigenvalue weighted by Crippen LogP contribution is -1.96. The van der Waals surface area contributed by atoms with E-state index in [0.29, 0.717) is 5.95 Å². The molecule has 22 heavy (non-hydrogen) atoms. The van der Waals surface area contributed by atoms with Gasteiger partial charge in [0.15, 0.2) is 0 Å². The molecule has 0 radical (unpaired) electrons. The maximum atomic E-state index is 4.49. The normalized spacial score (nSPS) is 11.7. The third-order valence-electron chi connectivity index (χ3n) is 3.50. The van der Waals surface area contributed by atoms with Crippen molar-refractivity contribution in [3.05, 3.63) is 60.0 Å². The highest BCUT2D eigenvalue weighted by atomic mass is 15.4. The fraction of sp³-hybridized carbons (Fsp3) is 0.0625. The average Bonchev–Trinajstić information content (AvgIpc) is 3.08. The van der Waals surface area contributed by atoms with Gasteiger partial charge in [-0.3, -0.25) is 4.40 Å². The van der Waals surface area contributed by atoms with Gasteiger partial charge in [-0.1, -0.05) is 18.2 Å². The first kappa shape index (κ1) is 12.6. The number of hydrogen-bond donors (Lipinski definition) is 2. The van der Waals surface area contributed by atoms with Gasteiger partial charge < -0.3 is 4.98 Å². The van der Waals surface area contributed by atoms with Crippen molar-refractivity contribution in [3.8, 4) is 0 Å². The largest absolute Gasteiger partial charge is 0.323 e. The van der Waals surface area contributed by atoms with Crippen LogP contribution in [0.5, 0.6) is 0 Å². The van der Waals surface area contributed by atoms with E-state index in [-0.39, 0.29) is 0 Å². The number of aromatic amines is 1. The average molecular weight is 290 g/mol. The third kappa shape index (κ3) is 2.10. The number of H-pyrrole nitrogens is 1. The maximum Gasteiger partial charge on any atom is 0.222 e. The van der Waals surface area contributed by atoms with E-state index in [0.717, 1.165) is 28.1 Å². The minimum atomic E-state index is 0.615. The van der Waals surface area contributed by atoms with Crippen molar-refractivity contribution in [2.75, 3.05) is 5.43 Å². The molecule has 3 aromatic heterocycles. The van der Waals surface area contributed by atoms with Gasteiger partial charge in [-0.05, 0) is 31.2 Å². The molecule has 0 unspecified atom stereocenters. The third-order valence-corrected chi connectivity index (χ3v) is 3.50. The summed E-state index contributed by atoms with van der Waals surface area (Å²) in [5.41, 5.74) is 7.60. The summed E-state index contributed by atoms with van der Waals surface area (Å²) >= 11 is 0. The molecule has 6 heteroatoms. The van der Waals surface area contributed by atoms with E-state index in [9.17, 15) is 0 Å². The van der Waals surface area contributed by atoms with Gasteiger partial charge in [-0.15, -0.1) is 0 Å². The van der Waals surface area contributed by atoms with Crippen molar-refractivity contribution in [2.45, 2.75) is 6.92 Å². The van der Waals surface area contributed by atoms with E-state index >= 15 is 0 Å². The quantitative estimate of drug-likeness (QED) is 0.450. The van der Waals surface area contributed by atoms with Gasteiger partial charge in [0.2, 0.25) is 5.95 Å². The minimum absolute atomic E-state index is 0.615. The topological polar surface area (TPSA) is 70.4 Å². The van der Waals surface area contributed by atoms with Crippen LogP contribution in [0.15, 0.2) is 53.8 Å². The second kappa shape index (κ2) is 5.00. The molecule has 4 aromatic rings. The fourth-order valence-corrected chi connectivity index (χ4v) is 2.45. The molecule has 108 valence electrons. The molecule has 3 heterocycles. The zero-order valence-electron chi connectivity index (χ0n) is 12.0. The van der Waals surface area contributed by atoms with Crippen LogP contribution in [0, 0.1) is 6.92 Å². The Kier molecular flexibility index (Phi) is 2.86. The SMILES string of the molecule is Cc1nc2ccccn2c1C=NNc1nc2ccccc2[nH]1. The number of nitrogens with zero attached hydrogens (tertiary/aromatic N) is 4. The Hall–Kier alpha value is -3.15. The van der Waals surface area contributed by atoms with Crippen LogP contribution in [0.1, 0.15) is 11.4 Å². The lowest BCUT2D eigenvalue weighted by atomic mass is 10.3. The Morgan fingerprint density at radius 2 is 2.00 bits per heavy atom. The molecule has 0 atom stereocenters. The first-order valence-corrected chi connectivity index (χ1v) is 6.99. The molecule has 1 aromatic carbocycles. The summed E-state index contributed by atoms with van der Waals surface area (Å²) in [5.74, 6) is 0.615. The zero-order chi connectivity index (χ0) is 14.9. The monoisotopic (exact) mass is 290 g/mol. The molecule has 4 rings (SSSR count). The molecule has 0 bridgehead atoms. The van der Waals surface area contributed by atoms with Gasteiger partial charge >= 0.3 is 0 Å². The second-order valence-electron chi connectivity index (χ2n) is 4.98. The smallest absolute Gasteiger partial charge is 0.222 e. The highest BCUT2D eigenvalue weighted by Gasteiger charge is 2.05. The first-order chi connectivity index (χ1) is 10.8. The molecular formula is C16H14N6. The number of aryl methyl sites for hydroxylation is 1. The number of benzene rings is 1. The van der Waals surface area contributed by atoms with Gasteiger partial charge in [0.25, 0.3) is 0 Å². The van der Waals surface area contributed by atoms with Crippen LogP contribution in [0.3, 0.4) is 0 Å². The number of hydrazone groups is 1. The van der Waals surface area contributed by atoms with Gasteiger partial charge in [-0.2, -0.15) is 5.10 Å². The highest BCUT2D eigenvalue weighted by Crippen LogP contribution is 2.13. The Labute approximate surface area is 126 Å². The first-order valence-electron chi connectivity index (χ1n) is 6.99. The molecule has 0 amide bonds. The summed E-state index contributed by atoms with van der Waals surface area (Å²) in [5, 5.41) is 4.26. The van der Waals surface area contributed by atoms with Crippen molar-refractivity contribution in [2.24, 2.45) is 5.10 Å². The number of anilines is 1. The van der Waals surface area contributed by atoms with E-state index in [4.69, 9.17) is 0 Å². The zero-order valence-corrected chi connectivity index (χ0v) is 12.0. The van der Waals surface area contributed by atoms with Crippen LogP contribution in [0.4, 0.5) is 5.95 Å². The molecule has 0 saturated heterocycles. The number of fused-ring (bicyclic) bond motifs is 2. The lowest BCUT2D eigenvalue weighted by molar-refractivity contribution is 1.15. The summed E-state index contributed by atoms with van der Waals surface area (Å²) in [6, 6.07) is 13.8. The number of hydrogen-bond acceptors (Lipinski definition) is 4. The molecule has 0 fully saturated rings. The Bertz CT molecular complexity index is 946. The number of aromatic nitrogens is 4. The van der Waals surface area contributed by atoms with Crippen LogP contribution in [0.25, 0.3) is 16.7 Å². The summed E-state index contributed by atoms with van der Waals surface area (Å²) in [6.45, 7) is 1.97. The van der Waals surface area contributed by atoms with Gasteiger partial charge in [-0.25, -0.2) is 15.4 Å². The molecular weight excluding hydrogens is 276 g/mol. The maximum absolute atomic E-state index is 4.49. The number of nitrogens with one attached hydrogen (secondary N) is 2. The molecule has 2 N–H and O–H groups in total. The standard InChI is InChI=1S/C16H14N6/c1-11-14(22-9-5-4-8-15(22)18-11)10-17-21-16-19-12-6-2-3-7-13(12)20-16/h2-10H,1H3,(H2,19,20,21). The molecule has 0 aliphatic heterocycles. The van der Waals surface area contributed by atoms with Crippen molar-refractivity contribution in [3.63, 3.8) is 0 Å². The number of imidazole rings is 2. The van der Waals surface area contributed by atoms with E-state index in [1.807, 2.05) is 60.0 Å². The van der Waals surface area contributed by atoms with Crippen LogP contribution in [-0.4, -0.2) is 25.6 Å². The van der Waals surface area contributed by atoms with Crippen molar-refractivity contribution < 1.29 is 0 Å². The van der Waals surface area contributed by atoms with E-state index in [1.165, 1.54) is 0 Å². The fourth-order valence-electron chi connectivity index (χ4n) is 2.45. The van der Waals surface area contributed by atoms with Crippen molar-refractivity contribution >= 4 is 28.8 Å². The number of pyridine rings is 1. The molecule has 0 aliphatic carbocycles. The number of rotatable bonds is 3. The minimum Gasteiger partial charge on any atom is -0.323 e. The second-order valence-corrected chi connectivity index (χ2v) is 4.98. The highest BCUT2D eigenvalue weighted by molar-refractivity contribution is 5.82. The Balaban J connectivity index is 1.62. The van der Waals surface area contributed by atoms with Crippen LogP contribution in [-0.2, 0) is 0 Å². The van der Waals surface area contributed by atoms with Gasteiger partial charge in [0.1, 0.15) is 5.65 Å². The Morgan fingerprint density at radius 3 is 2.91 bits per heavy atom. The van der Waals surface area contributed by atoms with Crippen molar-refractivity contribution in [1.29, 1.82) is 0 Å². The summed E-state index contributed by atoms with van der Waals surface area (Å²) < 4.78 is 2.00. The lowest BCUT2D eigenvalue weighted by Gasteiger charge is -1.96.